The summed E-state index contributed by atoms with van der Waals surface area (Å²) in [7, 11) is 1.77. The molecule has 160 valence electrons. The highest BCUT2D eigenvalue weighted by Crippen LogP contribution is 2.39. The molecule has 0 N–H and O–H groups in total. The highest BCUT2D eigenvalue weighted by Gasteiger charge is 2.29. The van der Waals surface area contributed by atoms with Crippen molar-refractivity contribution in [1.82, 2.24) is 19.5 Å². The molecule has 7 nitrogen and oxygen atoms in total. The molecule has 1 atom stereocenters. The molecule has 1 aliphatic carbocycles. The van der Waals surface area contributed by atoms with Gasteiger partial charge in [-0.3, -0.25) is 9.36 Å². The minimum absolute atomic E-state index is 0.0369. The van der Waals surface area contributed by atoms with Gasteiger partial charge in [0.25, 0.3) is 5.56 Å². The van der Waals surface area contributed by atoms with Gasteiger partial charge in [0.1, 0.15) is 12.4 Å². The second-order valence-electron chi connectivity index (χ2n) is 8.35. The number of anilines is 1. The predicted octanol–water partition coefficient (Wildman–Crippen LogP) is 3.47. The molecule has 5 rings (SSSR count). The Bertz CT molecular complexity index is 1110. The number of nitrogens with zero attached hydrogens (tertiary/aromatic N) is 5. The molecule has 0 bridgehead atoms. The Morgan fingerprint density at radius 2 is 1.87 bits per heavy atom. The minimum atomic E-state index is -0.104. The van der Waals surface area contributed by atoms with Crippen LogP contribution in [0.4, 0.5) is 5.95 Å². The highest BCUT2D eigenvalue weighted by molar-refractivity contribution is 5.55. The van der Waals surface area contributed by atoms with Crippen molar-refractivity contribution < 1.29 is 4.74 Å². The Morgan fingerprint density at radius 3 is 2.65 bits per heavy atom. The first-order valence-electron chi connectivity index (χ1n) is 11.0. The normalized spacial score (nSPS) is 19.6. The fourth-order valence-corrected chi connectivity index (χ4v) is 4.82. The molecule has 0 radical (unpaired) electrons. The van der Waals surface area contributed by atoms with E-state index in [1.807, 2.05) is 0 Å². The molecule has 31 heavy (non-hydrogen) atoms. The molecule has 7 heteroatoms. The Kier molecular flexibility index (Phi) is 5.51. The van der Waals surface area contributed by atoms with Crippen molar-refractivity contribution in [2.24, 2.45) is 7.05 Å². The van der Waals surface area contributed by atoms with E-state index in [-0.39, 0.29) is 11.7 Å². The minimum Gasteiger partial charge on any atom is -0.370 e. The van der Waals surface area contributed by atoms with Gasteiger partial charge in [-0.25, -0.2) is 15.0 Å². The molecule has 1 aliphatic heterocycles. The van der Waals surface area contributed by atoms with Gasteiger partial charge in [-0.15, -0.1) is 0 Å². The van der Waals surface area contributed by atoms with Crippen molar-refractivity contribution in [1.29, 1.82) is 0 Å². The van der Waals surface area contributed by atoms with E-state index in [1.54, 1.807) is 23.9 Å². The Hall–Kier alpha value is -3.06. The summed E-state index contributed by atoms with van der Waals surface area (Å²) in [6.07, 6.45) is 8.21. The van der Waals surface area contributed by atoms with E-state index < -0.39 is 0 Å². The maximum Gasteiger partial charge on any atom is 0.255 e. The van der Waals surface area contributed by atoms with E-state index in [2.05, 4.69) is 39.1 Å². The second kappa shape index (κ2) is 8.59. The maximum atomic E-state index is 12.7. The third-order valence-corrected chi connectivity index (χ3v) is 6.44. The van der Waals surface area contributed by atoms with Crippen LogP contribution in [0.5, 0.6) is 0 Å². The quantitative estimate of drug-likeness (QED) is 0.647. The van der Waals surface area contributed by atoms with E-state index in [9.17, 15) is 4.79 Å². The van der Waals surface area contributed by atoms with Gasteiger partial charge in [-0.05, 0) is 36.0 Å². The number of hydrogen-bond acceptors (Lipinski definition) is 6. The van der Waals surface area contributed by atoms with E-state index >= 15 is 0 Å². The predicted molar refractivity (Wildman–Crippen MR) is 119 cm³/mol. The summed E-state index contributed by atoms with van der Waals surface area (Å²) >= 11 is 0. The number of rotatable bonds is 4. The highest BCUT2D eigenvalue weighted by atomic mass is 16.5. The van der Waals surface area contributed by atoms with Crippen molar-refractivity contribution >= 4 is 5.95 Å². The number of morpholine rings is 1. The molecule has 1 unspecified atom stereocenters. The average molecular weight is 418 g/mol. The van der Waals surface area contributed by atoms with Gasteiger partial charge in [0.2, 0.25) is 5.95 Å². The topological polar surface area (TPSA) is 73.1 Å². The summed E-state index contributed by atoms with van der Waals surface area (Å²) in [6.45, 7) is 1.95. The van der Waals surface area contributed by atoms with Crippen molar-refractivity contribution in [3.63, 3.8) is 0 Å². The molecule has 3 heterocycles. The van der Waals surface area contributed by atoms with E-state index in [4.69, 9.17) is 9.72 Å². The van der Waals surface area contributed by atoms with Crippen LogP contribution in [0, 0.1) is 0 Å². The fraction of sp³-hybridized carbons (Fsp3) is 0.417. The molecule has 1 aromatic carbocycles. The summed E-state index contributed by atoms with van der Waals surface area (Å²) in [5.74, 6) is 1.27. The van der Waals surface area contributed by atoms with Crippen LogP contribution >= 0.6 is 0 Å². The monoisotopic (exact) mass is 417 g/mol. The third-order valence-electron chi connectivity index (χ3n) is 6.44. The van der Waals surface area contributed by atoms with Crippen LogP contribution in [0.15, 0.2) is 53.7 Å². The molecule has 3 aromatic rings. The number of aromatic nitrogens is 4. The molecule has 2 aliphatic rings. The average Bonchev–Trinajstić information content (AvgIpc) is 3.36. The SMILES string of the molecule is Cn1c(N2CCOC(c3ccccc3C3CCCC3)C2)nc(-c2ccncn2)cc1=O. The number of ether oxygens (including phenoxy) is 1. The summed E-state index contributed by atoms with van der Waals surface area (Å²) in [4.78, 5) is 27.9. The lowest BCUT2D eigenvalue weighted by molar-refractivity contribution is 0.0382. The van der Waals surface area contributed by atoms with Crippen molar-refractivity contribution in [3.8, 4) is 11.4 Å². The first-order chi connectivity index (χ1) is 15.2. The summed E-state index contributed by atoms with van der Waals surface area (Å²) in [5.41, 5.74) is 3.80. The lowest BCUT2D eigenvalue weighted by Crippen LogP contribution is -2.42. The number of benzene rings is 1. The lowest BCUT2D eigenvalue weighted by atomic mass is 9.90. The van der Waals surface area contributed by atoms with Crippen LogP contribution in [0.2, 0.25) is 0 Å². The third kappa shape index (κ3) is 3.97. The molecule has 2 fully saturated rings. The van der Waals surface area contributed by atoms with Gasteiger partial charge in [0, 0.05) is 25.9 Å². The summed E-state index contributed by atoms with van der Waals surface area (Å²) in [6, 6.07) is 12.0. The van der Waals surface area contributed by atoms with Crippen LogP contribution in [0.3, 0.4) is 0 Å². The molecule has 0 amide bonds. The maximum absolute atomic E-state index is 12.7. The van der Waals surface area contributed by atoms with Crippen LogP contribution in [-0.2, 0) is 11.8 Å². The standard InChI is InChI=1S/C24H27N5O2/c1-28-23(30)14-21(20-10-11-25-16-26-20)27-24(28)29-12-13-31-22(15-29)19-9-5-4-8-18(19)17-6-2-3-7-17/h4-5,8-11,14,16-17,22H,2-3,6-7,12-13,15H2,1H3. The van der Waals surface area contributed by atoms with Gasteiger partial charge in [-0.2, -0.15) is 0 Å². The van der Waals surface area contributed by atoms with Crippen molar-refractivity contribution in [3.05, 3.63) is 70.4 Å². The van der Waals surface area contributed by atoms with Gasteiger partial charge >= 0.3 is 0 Å². The first-order valence-corrected chi connectivity index (χ1v) is 11.0. The zero-order chi connectivity index (χ0) is 21.2. The zero-order valence-electron chi connectivity index (χ0n) is 17.8. The van der Waals surface area contributed by atoms with Gasteiger partial charge in [-0.1, -0.05) is 37.1 Å². The molecular formula is C24H27N5O2. The van der Waals surface area contributed by atoms with Gasteiger partial charge < -0.3 is 9.64 Å². The molecule has 1 saturated heterocycles. The summed E-state index contributed by atoms with van der Waals surface area (Å²) < 4.78 is 7.83. The van der Waals surface area contributed by atoms with Crippen molar-refractivity contribution in [2.45, 2.75) is 37.7 Å². The fourth-order valence-electron chi connectivity index (χ4n) is 4.82. The van der Waals surface area contributed by atoms with Gasteiger partial charge in [0.15, 0.2) is 0 Å². The zero-order valence-corrected chi connectivity index (χ0v) is 17.8. The van der Waals surface area contributed by atoms with Gasteiger partial charge in [0.05, 0.1) is 24.5 Å². The second-order valence-corrected chi connectivity index (χ2v) is 8.35. The Balaban J connectivity index is 1.47. The largest absolute Gasteiger partial charge is 0.370 e. The lowest BCUT2D eigenvalue weighted by Gasteiger charge is -2.35. The Labute approximate surface area is 181 Å². The molecular weight excluding hydrogens is 390 g/mol. The van der Waals surface area contributed by atoms with Crippen molar-refractivity contribution in [2.75, 3.05) is 24.6 Å². The Morgan fingerprint density at radius 1 is 1.06 bits per heavy atom. The van der Waals surface area contributed by atoms with Crippen LogP contribution in [0.1, 0.15) is 48.8 Å². The molecule has 0 spiro atoms. The first kappa shape index (κ1) is 19.9. The van der Waals surface area contributed by atoms with E-state index in [1.165, 1.54) is 49.2 Å². The van der Waals surface area contributed by atoms with Crippen LogP contribution in [0.25, 0.3) is 11.4 Å². The smallest absolute Gasteiger partial charge is 0.255 e. The van der Waals surface area contributed by atoms with Crippen LogP contribution < -0.4 is 10.5 Å². The van der Waals surface area contributed by atoms with E-state index in [0.717, 1.165) is 0 Å². The summed E-state index contributed by atoms with van der Waals surface area (Å²) in [5, 5.41) is 0. The van der Waals surface area contributed by atoms with Crippen LogP contribution in [-0.4, -0.2) is 39.2 Å². The number of hydrogen-bond donors (Lipinski definition) is 0. The van der Waals surface area contributed by atoms with E-state index in [0.29, 0.717) is 43.0 Å². The molecule has 2 aromatic heterocycles. The molecule has 1 saturated carbocycles.